The van der Waals surface area contributed by atoms with Gasteiger partial charge in [0.25, 0.3) is 5.56 Å². The first-order valence-electron chi connectivity index (χ1n) is 32.0. The second-order valence-electron chi connectivity index (χ2n) is 24.0. The van der Waals surface area contributed by atoms with Crippen molar-refractivity contribution in [1.29, 1.82) is 0 Å². The molecule has 502 valence electrons. The molecule has 1 N–H and O–H groups in total. The Kier molecular flexibility index (Phi) is 20.6. The van der Waals surface area contributed by atoms with Crippen LogP contribution in [0.2, 0.25) is 0 Å². The zero-order chi connectivity index (χ0) is 66.2. The molecule has 0 aliphatic carbocycles. The predicted octanol–water partition coefficient (Wildman–Crippen LogP) is 13.7. The van der Waals surface area contributed by atoms with Gasteiger partial charge in [-0.05, 0) is 67.6 Å². The Morgan fingerprint density at radius 2 is 0.804 bits per heavy atom. The standard InChI is InChI=1S/C73H71N2O19P3/c76-66-38-39-75(72(77)74-66)71-67(92-95(78)84-43-53-26-16-17-27-54(53)44-85-95)62(64(91-71)49-81-41-51-22-6-1-7-23-51)40-63-68(82-42-52-24-8-2-9-25-52)70(94-97(80)88-47-57-30-20-21-31-58(57)48-89-97)69(93-96(79)86-45-55-28-18-19-29-56(55)46-87-96)65(90-63)50-83-73(59-32-10-3-11-33-59,60-34-12-4-13-35-60)61-36-14-5-15-37-61/h1-39,62-65,67-71H,40-50H2,(H,74,76,77)/t62-,63-,64-,65-,67-,68+,69-,70-,71-/m1/s1. The van der Waals surface area contributed by atoms with Crippen LogP contribution >= 0.6 is 23.5 Å². The van der Waals surface area contributed by atoms with Gasteiger partial charge in [-0.3, -0.25) is 55.1 Å². The molecule has 2 fully saturated rings. The second-order valence-corrected chi connectivity index (χ2v) is 28.9. The van der Waals surface area contributed by atoms with Crippen LogP contribution < -0.4 is 11.2 Å². The van der Waals surface area contributed by atoms with Crippen LogP contribution in [-0.4, -0.2) is 65.5 Å². The molecule has 1 aromatic heterocycles. The van der Waals surface area contributed by atoms with Gasteiger partial charge in [-0.25, -0.2) is 18.5 Å². The summed E-state index contributed by atoms with van der Waals surface area (Å²) in [6.07, 6.45) is -10.6. The Balaban J connectivity index is 0.937. The number of phosphoric acid groups is 3. The summed E-state index contributed by atoms with van der Waals surface area (Å²) >= 11 is 0. The fourth-order valence-corrected chi connectivity index (χ4v) is 17.0. The van der Waals surface area contributed by atoms with E-state index in [0.717, 1.165) is 32.9 Å². The number of rotatable bonds is 22. The minimum Gasteiger partial charge on any atom is -0.374 e. The van der Waals surface area contributed by atoms with Crippen LogP contribution in [0.1, 0.15) is 73.8 Å². The highest BCUT2D eigenvalue weighted by Crippen LogP contribution is 2.61. The van der Waals surface area contributed by atoms with Crippen LogP contribution in [0.5, 0.6) is 0 Å². The van der Waals surface area contributed by atoms with E-state index >= 15 is 13.7 Å². The van der Waals surface area contributed by atoms with Gasteiger partial charge >= 0.3 is 29.2 Å². The summed E-state index contributed by atoms with van der Waals surface area (Å²) in [6.45, 7) is -1.72. The summed E-state index contributed by atoms with van der Waals surface area (Å²) in [6, 6.07) is 70.9. The fraction of sp³-hybridized carbons (Fsp3) is 0.288. The number of nitrogens with zero attached hydrogens (tertiary/aromatic N) is 1. The van der Waals surface area contributed by atoms with Crippen LogP contribution in [0.25, 0.3) is 0 Å². The number of H-pyrrole nitrogens is 1. The summed E-state index contributed by atoms with van der Waals surface area (Å²) < 4.78 is 143. The zero-order valence-corrected chi connectivity index (χ0v) is 55.2. The number of hydrogen-bond acceptors (Lipinski definition) is 19. The normalized spacial score (nSPS) is 24.3. The molecule has 21 nitrogen and oxygen atoms in total. The number of aromatic nitrogens is 2. The highest BCUT2D eigenvalue weighted by atomic mass is 31.2. The van der Waals surface area contributed by atoms with E-state index in [1.165, 1.54) is 6.20 Å². The molecule has 0 spiro atoms. The van der Waals surface area contributed by atoms with Crippen molar-refractivity contribution in [2.24, 2.45) is 5.92 Å². The number of phosphoric ester groups is 3. The van der Waals surface area contributed by atoms with Crippen LogP contribution in [0, 0.1) is 5.92 Å². The first kappa shape index (κ1) is 66.8. The first-order valence-corrected chi connectivity index (χ1v) is 36.4. The minimum absolute atomic E-state index is 0.114. The van der Waals surface area contributed by atoms with Gasteiger partial charge in [-0.1, -0.05) is 224 Å². The molecule has 0 saturated carbocycles. The van der Waals surface area contributed by atoms with Crippen molar-refractivity contribution in [2.45, 2.75) is 114 Å². The maximum Gasteiger partial charge on any atom is 0.475 e. The zero-order valence-electron chi connectivity index (χ0n) is 52.5. The Labute approximate surface area is 560 Å². The average Bonchev–Trinajstić information content (AvgIpc) is 1.73. The van der Waals surface area contributed by atoms with E-state index in [9.17, 15) is 9.59 Å². The van der Waals surface area contributed by atoms with Gasteiger partial charge in [0, 0.05) is 18.2 Å². The van der Waals surface area contributed by atoms with Gasteiger partial charge in [-0.2, -0.15) is 0 Å². The molecular weight excluding hydrogens is 1300 g/mol. The molecule has 24 heteroatoms. The van der Waals surface area contributed by atoms with E-state index in [0.29, 0.717) is 38.9 Å². The van der Waals surface area contributed by atoms with Crippen molar-refractivity contribution in [1.82, 2.24) is 9.55 Å². The SMILES string of the molecule is O=c1ccn([C@@H]2O[C@H](COCc3ccccc3)[C@@H](C[C@H]3O[C@H](COC(c4ccccc4)(c4ccccc4)c4ccccc4)[C@@H](OP4(=O)OCc5ccccc5CO4)[C@H](OP4(=O)OCc5ccccc5CO4)[C@H]3OCc3ccccc3)[C@H]2OP2(=O)OCc3ccccc3CO2)c(=O)[nH]1. The molecule has 5 aliphatic rings. The van der Waals surface area contributed by atoms with Gasteiger partial charge in [0.05, 0.1) is 78.3 Å². The van der Waals surface area contributed by atoms with Crippen LogP contribution in [0.3, 0.4) is 0 Å². The number of hydrogen-bond donors (Lipinski definition) is 1. The third-order valence-electron chi connectivity index (χ3n) is 17.9. The Bertz CT molecular complexity index is 4210. The summed E-state index contributed by atoms with van der Waals surface area (Å²) in [7, 11) is -14.3. The van der Waals surface area contributed by atoms with Crippen molar-refractivity contribution in [3.8, 4) is 0 Å². The van der Waals surface area contributed by atoms with Gasteiger partial charge < -0.3 is 23.7 Å². The van der Waals surface area contributed by atoms with E-state index in [4.69, 9.17) is 64.4 Å². The number of fused-ring (bicyclic) bond motifs is 3. The van der Waals surface area contributed by atoms with E-state index in [1.807, 2.05) is 224 Å². The maximum atomic E-state index is 16.0. The Morgan fingerprint density at radius 1 is 0.412 bits per heavy atom. The van der Waals surface area contributed by atoms with Crippen LogP contribution in [0.15, 0.2) is 246 Å². The molecule has 6 heterocycles. The minimum atomic E-state index is -4.82. The van der Waals surface area contributed by atoms with Crippen LogP contribution in [-0.2, 0) is 137 Å². The molecule has 0 bridgehead atoms. The second kappa shape index (κ2) is 30.0. The molecule has 0 unspecified atom stereocenters. The quantitative estimate of drug-likeness (QED) is 0.0490. The first-order chi connectivity index (χ1) is 47.4. The van der Waals surface area contributed by atoms with Crippen molar-refractivity contribution in [3.63, 3.8) is 0 Å². The lowest BCUT2D eigenvalue weighted by atomic mass is 9.80. The Morgan fingerprint density at radius 3 is 1.24 bits per heavy atom. The van der Waals surface area contributed by atoms with Crippen molar-refractivity contribution < 1.29 is 78.1 Å². The van der Waals surface area contributed by atoms with E-state index in [1.54, 1.807) is 0 Å². The van der Waals surface area contributed by atoms with Gasteiger partial charge in [0.2, 0.25) is 0 Å². The number of ether oxygens (including phenoxy) is 5. The van der Waals surface area contributed by atoms with E-state index in [-0.39, 0.29) is 65.9 Å². The molecule has 9 atom stereocenters. The molecule has 9 aromatic rings. The number of nitrogens with one attached hydrogen (secondary N) is 1. The average molecular weight is 1370 g/mol. The molecule has 5 aliphatic heterocycles. The molecular formula is C73H71N2O19P3. The predicted molar refractivity (Wildman–Crippen MR) is 354 cm³/mol. The lowest BCUT2D eigenvalue weighted by Gasteiger charge is -2.48. The lowest BCUT2D eigenvalue weighted by Crippen LogP contribution is -2.62. The summed E-state index contributed by atoms with van der Waals surface area (Å²) in [5, 5.41) is 0. The smallest absolute Gasteiger partial charge is 0.374 e. The highest BCUT2D eigenvalue weighted by molar-refractivity contribution is 7.49. The van der Waals surface area contributed by atoms with Gasteiger partial charge in [-0.15, -0.1) is 0 Å². The number of aromatic amines is 1. The summed E-state index contributed by atoms with van der Waals surface area (Å²) in [5.74, 6) is -1.07. The topological polar surface area (TPSA) is 235 Å². The van der Waals surface area contributed by atoms with Gasteiger partial charge in [0.15, 0.2) is 6.23 Å². The monoisotopic (exact) mass is 1370 g/mol. The molecule has 2 saturated heterocycles. The molecule has 0 radical (unpaired) electrons. The maximum absolute atomic E-state index is 16.0. The molecule has 14 rings (SSSR count). The number of benzene rings is 8. The Hall–Kier alpha value is -7.43. The lowest BCUT2D eigenvalue weighted by molar-refractivity contribution is -0.250. The van der Waals surface area contributed by atoms with Crippen molar-refractivity contribution in [2.75, 3.05) is 13.2 Å². The van der Waals surface area contributed by atoms with Crippen molar-refractivity contribution in [3.05, 3.63) is 319 Å². The largest absolute Gasteiger partial charge is 0.475 e. The van der Waals surface area contributed by atoms with E-state index in [2.05, 4.69) is 4.98 Å². The van der Waals surface area contributed by atoms with Gasteiger partial charge in [0.1, 0.15) is 36.1 Å². The van der Waals surface area contributed by atoms with Crippen molar-refractivity contribution >= 4 is 23.5 Å². The fourth-order valence-electron chi connectivity index (χ4n) is 13.0. The summed E-state index contributed by atoms with van der Waals surface area (Å²) in [4.78, 5) is 29.4. The molecule has 97 heavy (non-hydrogen) atoms. The molecule has 8 aromatic carbocycles. The van der Waals surface area contributed by atoms with E-state index < -0.39 is 102 Å². The molecule has 0 amide bonds. The highest BCUT2D eigenvalue weighted by Gasteiger charge is 2.59. The third-order valence-corrected chi connectivity index (χ3v) is 22.1. The summed E-state index contributed by atoms with van der Waals surface area (Å²) in [5.41, 5.74) is 4.96. The van der Waals surface area contributed by atoms with Crippen LogP contribution in [0.4, 0.5) is 0 Å². The third kappa shape index (κ3) is 15.3.